The number of likely N-dealkylation sites (tertiary alicyclic amines) is 1. The van der Waals surface area contributed by atoms with Crippen LogP contribution in [0.1, 0.15) is 32.3 Å². The maximum atomic E-state index is 13.8. The third kappa shape index (κ3) is 5.95. The van der Waals surface area contributed by atoms with Gasteiger partial charge >= 0.3 is 5.97 Å². The molecule has 1 fully saturated rings. The van der Waals surface area contributed by atoms with Crippen LogP contribution in [0.15, 0.2) is 18.2 Å². The van der Waals surface area contributed by atoms with Crippen molar-refractivity contribution in [3.05, 3.63) is 29.6 Å². The standard InChI is InChI=1S/C20H31FN2O3/c1-4-23(14-20(24)25)17-7-9-22(10-8-17)13-15(2)11-16-5-6-19(26-3)18(21)12-16/h5-6,12,15,17H,4,7-11,13-14H2,1-3H3,(H,24,25). The fourth-order valence-corrected chi connectivity index (χ4v) is 3.88. The Balaban J connectivity index is 1.79. The van der Waals surface area contributed by atoms with E-state index in [1.807, 2.05) is 13.0 Å². The van der Waals surface area contributed by atoms with E-state index in [4.69, 9.17) is 9.84 Å². The minimum absolute atomic E-state index is 0.126. The fraction of sp³-hybridized carbons (Fsp3) is 0.650. The molecule has 0 spiro atoms. The maximum absolute atomic E-state index is 13.8. The van der Waals surface area contributed by atoms with E-state index >= 15 is 0 Å². The predicted molar refractivity (Wildman–Crippen MR) is 100 cm³/mol. The van der Waals surface area contributed by atoms with Gasteiger partial charge in [0.15, 0.2) is 11.6 Å². The van der Waals surface area contributed by atoms with Crippen LogP contribution in [0.4, 0.5) is 4.39 Å². The van der Waals surface area contributed by atoms with E-state index in [-0.39, 0.29) is 18.1 Å². The lowest BCUT2D eigenvalue weighted by molar-refractivity contribution is -0.139. The zero-order chi connectivity index (χ0) is 19.1. The second kappa shape index (κ2) is 9.88. The summed E-state index contributed by atoms with van der Waals surface area (Å²) in [6.07, 6.45) is 2.84. The summed E-state index contributed by atoms with van der Waals surface area (Å²) in [5.74, 6) is -0.350. The van der Waals surface area contributed by atoms with Gasteiger partial charge in [-0.15, -0.1) is 0 Å². The van der Waals surface area contributed by atoms with Gasteiger partial charge in [-0.2, -0.15) is 0 Å². The van der Waals surface area contributed by atoms with Crippen molar-refractivity contribution in [2.45, 2.75) is 39.2 Å². The molecular formula is C20H31FN2O3. The molecule has 1 heterocycles. The van der Waals surface area contributed by atoms with Crippen LogP contribution in [0, 0.1) is 11.7 Å². The van der Waals surface area contributed by atoms with Crippen LogP contribution in [-0.4, -0.2) is 66.8 Å². The smallest absolute Gasteiger partial charge is 0.317 e. The number of carboxylic acid groups (broad SMARTS) is 1. The molecular weight excluding hydrogens is 335 g/mol. The zero-order valence-corrected chi connectivity index (χ0v) is 16.1. The summed E-state index contributed by atoms with van der Waals surface area (Å²) in [6, 6.07) is 5.53. The molecule has 0 amide bonds. The highest BCUT2D eigenvalue weighted by molar-refractivity contribution is 5.69. The van der Waals surface area contributed by atoms with Gasteiger partial charge in [-0.3, -0.25) is 9.69 Å². The molecule has 26 heavy (non-hydrogen) atoms. The number of aliphatic carboxylic acids is 1. The number of hydrogen-bond acceptors (Lipinski definition) is 4. The van der Waals surface area contributed by atoms with Crippen LogP contribution < -0.4 is 4.74 Å². The molecule has 1 atom stereocenters. The maximum Gasteiger partial charge on any atom is 0.317 e. The Hall–Kier alpha value is -1.66. The number of likely N-dealkylation sites (N-methyl/N-ethyl adjacent to an activating group) is 1. The Morgan fingerprint density at radius 1 is 1.42 bits per heavy atom. The average molecular weight is 366 g/mol. The molecule has 5 nitrogen and oxygen atoms in total. The topological polar surface area (TPSA) is 53.0 Å². The Morgan fingerprint density at radius 3 is 2.65 bits per heavy atom. The molecule has 1 aliphatic heterocycles. The van der Waals surface area contributed by atoms with Crippen molar-refractivity contribution in [3.8, 4) is 5.75 Å². The van der Waals surface area contributed by atoms with E-state index in [1.165, 1.54) is 7.11 Å². The van der Waals surface area contributed by atoms with Crippen LogP contribution in [0.3, 0.4) is 0 Å². The summed E-state index contributed by atoms with van der Waals surface area (Å²) in [5, 5.41) is 9.02. The Morgan fingerprint density at radius 2 is 2.12 bits per heavy atom. The zero-order valence-electron chi connectivity index (χ0n) is 16.1. The number of methoxy groups -OCH3 is 1. The molecule has 1 N–H and O–H groups in total. The highest BCUT2D eigenvalue weighted by Crippen LogP contribution is 2.21. The molecule has 1 aromatic rings. The van der Waals surface area contributed by atoms with Crippen molar-refractivity contribution >= 4 is 5.97 Å². The van der Waals surface area contributed by atoms with Gasteiger partial charge in [0.05, 0.1) is 13.7 Å². The number of carbonyl (C=O) groups is 1. The van der Waals surface area contributed by atoms with Crippen molar-refractivity contribution in [1.29, 1.82) is 0 Å². The molecule has 0 aromatic heterocycles. The van der Waals surface area contributed by atoms with Gasteiger partial charge in [0.25, 0.3) is 0 Å². The lowest BCUT2D eigenvalue weighted by atomic mass is 9.97. The molecule has 0 radical (unpaired) electrons. The Labute approximate surface area is 155 Å². The fourth-order valence-electron chi connectivity index (χ4n) is 3.88. The molecule has 1 unspecified atom stereocenters. The Bertz CT molecular complexity index is 588. The first kappa shape index (κ1) is 20.6. The van der Waals surface area contributed by atoms with Gasteiger partial charge in [0.2, 0.25) is 0 Å². The summed E-state index contributed by atoms with van der Waals surface area (Å²) in [7, 11) is 1.47. The van der Waals surface area contributed by atoms with Gasteiger partial charge in [0, 0.05) is 12.6 Å². The quantitative estimate of drug-likeness (QED) is 0.728. The summed E-state index contributed by atoms with van der Waals surface area (Å²) in [6.45, 7) is 8.06. The number of nitrogens with zero attached hydrogens (tertiary/aromatic N) is 2. The second-order valence-electron chi connectivity index (χ2n) is 7.27. The lowest BCUT2D eigenvalue weighted by Gasteiger charge is -2.38. The summed E-state index contributed by atoms with van der Waals surface area (Å²) in [5.41, 5.74) is 0.990. The highest BCUT2D eigenvalue weighted by Gasteiger charge is 2.25. The van der Waals surface area contributed by atoms with Crippen LogP contribution in [0.2, 0.25) is 0 Å². The monoisotopic (exact) mass is 366 g/mol. The molecule has 1 aliphatic rings. The number of benzene rings is 1. The minimum Gasteiger partial charge on any atom is -0.494 e. The van der Waals surface area contributed by atoms with E-state index in [1.54, 1.807) is 12.1 Å². The van der Waals surface area contributed by atoms with Gasteiger partial charge < -0.3 is 14.7 Å². The molecule has 0 aliphatic carbocycles. The van der Waals surface area contributed by atoms with Crippen molar-refractivity contribution in [2.24, 2.45) is 5.92 Å². The lowest BCUT2D eigenvalue weighted by Crippen LogP contribution is -2.47. The van der Waals surface area contributed by atoms with Crippen molar-refractivity contribution in [3.63, 3.8) is 0 Å². The number of piperidine rings is 1. The molecule has 1 aromatic carbocycles. The van der Waals surface area contributed by atoms with Gasteiger partial charge in [0.1, 0.15) is 0 Å². The molecule has 0 saturated carbocycles. The second-order valence-corrected chi connectivity index (χ2v) is 7.27. The van der Waals surface area contributed by atoms with E-state index in [0.717, 1.165) is 51.0 Å². The van der Waals surface area contributed by atoms with Gasteiger partial charge in [-0.05, 0) is 62.5 Å². The third-order valence-electron chi connectivity index (χ3n) is 5.19. The summed E-state index contributed by atoms with van der Waals surface area (Å²) >= 11 is 0. The van der Waals surface area contributed by atoms with Crippen LogP contribution in [-0.2, 0) is 11.2 Å². The summed E-state index contributed by atoms with van der Waals surface area (Å²) < 4.78 is 18.8. The number of carboxylic acids is 1. The van der Waals surface area contributed by atoms with Crippen molar-refractivity contribution in [2.75, 3.05) is 39.8 Å². The SMILES string of the molecule is CCN(CC(=O)O)C1CCN(CC(C)Cc2ccc(OC)c(F)c2)CC1. The van der Waals surface area contributed by atoms with Gasteiger partial charge in [-0.25, -0.2) is 4.39 Å². The number of rotatable bonds is 9. The van der Waals surface area contributed by atoms with E-state index in [0.29, 0.717) is 12.0 Å². The van der Waals surface area contributed by atoms with Crippen LogP contribution in [0.25, 0.3) is 0 Å². The molecule has 0 bridgehead atoms. The molecule has 2 rings (SSSR count). The number of halogens is 1. The van der Waals surface area contributed by atoms with E-state index in [2.05, 4.69) is 16.7 Å². The van der Waals surface area contributed by atoms with Crippen molar-refractivity contribution < 1.29 is 19.0 Å². The Kier molecular flexibility index (Phi) is 7.85. The average Bonchev–Trinajstić information content (AvgIpc) is 2.60. The van der Waals surface area contributed by atoms with Crippen molar-refractivity contribution in [1.82, 2.24) is 9.80 Å². The molecule has 6 heteroatoms. The van der Waals surface area contributed by atoms with Crippen LogP contribution >= 0.6 is 0 Å². The highest BCUT2D eigenvalue weighted by atomic mass is 19.1. The number of ether oxygens (including phenoxy) is 1. The largest absolute Gasteiger partial charge is 0.494 e. The first-order valence-electron chi connectivity index (χ1n) is 9.43. The van der Waals surface area contributed by atoms with Gasteiger partial charge in [-0.1, -0.05) is 19.9 Å². The van der Waals surface area contributed by atoms with Crippen LogP contribution in [0.5, 0.6) is 5.75 Å². The van der Waals surface area contributed by atoms with E-state index < -0.39 is 5.97 Å². The molecule has 1 saturated heterocycles. The summed E-state index contributed by atoms with van der Waals surface area (Å²) in [4.78, 5) is 15.5. The normalized spacial score (nSPS) is 17.4. The number of hydrogen-bond donors (Lipinski definition) is 1. The molecule has 146 valence electrons. The minimum atomic E-state index is -0.755. The first-order valence-corrected chi connectivity index (χ1v) is 9.43. The third-order valence-corrected chi connectivity index (χ3v) is 5.19. The van der Waals surface area contributed by atoms with E-state index in [9.17, 15) is 9.18 Å². The predicted octanol–water partition coefficient (Wildman–Crippen LogP) is 2.88. The first-order chi connectivity index (χ1) is 12.4.